The molecule has 0 unspecified atom stereocenters. The Balaban J connectivity index is 0. The molecule has 6 nitrogen and oxygen atoms in total. The third-order valence-corrected chi connectivity index (χ3v) is 4.01. The topological polar surface area (TPSA) is 83.5 Å². The lowest BCUT2D eigenvalue weighted by atomic mass is 10.1. The zero-order valence-corrected chi connectivity index (χ0v) is 19.1. The molecule has 0 bridgehead atoms. The van der Waals surface area contributed by atoms with Crippen LogP contribution < -0.4 is 0 Å². The number of esters is 1. The van der Waals surface area contributed by atoms with E-state index < -0.39 is 10.1 Å². The van der Waals surface area contributed by atoms with Crippen molar-refractivity contribution in [1.29, 1.82) is 0 Å². The van der Waals surface area contributed by atoms with E-state index >= 15 is 0 Å². The molecule has 0 N–H and O–H groups in total. The number of carbonyl (C=O) groups excluding carboxylic acids is 1. The Bertz CT molecular complexity index is 436. The van der Waals surface area contributed by atoms with Crippen molar-refractivity contribution in [2.24, 2.45) is 0 Å². The number of likely N-dealkylation sites (N-methyl/N-ethyl adjacent to an activating group) is 1. The lowest BCUT2D eigenvalue weighted by molar-refractivity contribution is -0.870. The van der Waals surface area contributed by atoms with Gasteiger partial charge in [-0.05, 0) is 6.42 Å². The van der Waals surface area contributed by atoms with Crippen LogP contribution in [0.4, 0.5) is 0 Å². The van der Waals surface area contributed by atoms with E-state index in [0.29, 0.717) is 19.3 Å². The zero-order chi connectivity index (χ0) is 21.2. The molecular formula is C20H43NO5S. The maximum atomic E-state index is 11.6. The standard InChI is InChI=1S/C19H40NO2.CH4O3S/c1-5-6-7-8-9-10-11-12-13-14-15-16-19(21)22-18-17-20(2,3)4;1-5(2,3)4/h5-18H2,1-4H3;1H3,(H,2,3,4)/q+1;/p-1. The fraction of sp³-hybridized carbons (Fsp3) is 0.950. The Hall–Kier alpha value is -0.660. The van der Waals surface area contributed by atoms with Crippen LogP contribution in [-0.2, 0) is 19.6 Å². The lowest BCUT2D eigenvalue weighted by Gasteiger charge is -2.23. The van der Waals surface area contributed by atoms with E-state index in [0.717, 1.165) is 17.4 Å². The monoisotopic (exact) mass is 409 g/mol. The average Bonchev–Trinajstić information content (AvgIpc) is 2.49. The number of rotatable bonds is 15. The fourth-order valence-electron chi connectivity index (χ4n) is 2.44. The van der Waals surface area contributed by atoms with Gasteiger partial charge in [0.2, 0.25) is 0 Å². The molecule has 0 aromatic rings. The highest BCUT2D eigenvalue weighted by atomic mass is 32.2. The van der Waals surface area contributed by atoms with E-state index in [1.54, 1.807) is 0 Å². The number of carbonyl (C=O) groups is 1. The van der Waals surface area contributed by atoms with Crippen LogP contribution in [0.5, 0.6) is 0 Å². The van der Waals surface area contributed by atoms with Crippen LogP contribution in [0.2, 0.25) is 0 Å². The van der Waals surface area contributed by atoms with E-state index in [9.17, 15) is 4.79 Å². The Morgan fingerprint density at radius 3 is 1.59 bits per heavy atom. The van der Waals surface area contributed by atoms with Crippen LogP contribution in [-0.4, -0.2) is 64.0 Å². The molecule has 27 heavy (non-hydrogen) atoms. The normalized spacial score (nSPS) is 11.6. The molecule has 0 saturated heterocycles. The first-order chi connectivity index (χ1) is 12.5. The number of ether oxygens (including phenoxy) is 1. The predicted octanol–water partition coefficient (Wildman–Crippen LogP) is 4.10. The zero-order valence-electron chi connectivity index (χ0n) is 18.3. The summed E-state index contributed by atoms with van der Waals surface area (Å²) in [6.07, 6.45) is 15.6. The first-order valence-electron chi connectivity index (χ1n) is 10.3. The van der Waals surface area contributed by atoms with E-state index in [4.69, 9.17) is 17.7 Å². The maximum Gasteiger partial charge on any atom is 0.305 e. The van der Waals surface area contributed by atoms with E-state index in [2.05, 4.69) is 28.1 Å². The summed E-state index contributed by atoms with van der Waals surface area (Å²) in [6, 6.07) is 0. The average molecular weight is 410 g/mol. The molecule has 0 fully saturated rings. The summed E-state index contributed by atoms with van der Waals surface area (Å²) < 4.78 is 33.3. The second-order valence-corrected chi connectivity index (χ2v) is 9.63. The Morgan fingerprint density at radius 1 is 0.852 bits per heavy atom. The first-order valence-corrected chi connectivity index (χ1v) is 12.1. The molecule has 0 radical (unpaired) electrons. The number of hydrogen-bond acceptors (Lipinski definition) is 5. The number of hydrogen-bond donors (Lipinski definition) is 0. The largest absolute Gasteiger partial charge is 0.748 e. The molecule has 0 aromatic heterocycles. The van der Waals surface area contributed by atoms with Crippen LogP contribution in [0.1, 0.15) is 84.0 Å². The van der Waals surface area contributed by atoms with Gasteiger partial charge >= 0.3 is 5.97 Å². The molecule has 0 spiro atoms. The molecule has 164 valence electrons. The maximum absolute atomic E-state index is 11.6. The Kier molecular flexibility index (Phi) is 18.4. The minimum Gasteiger partial charge on any atom is -0.748 e. The third kappa shape index (κ3) is 36.9. The van der Waals surface area contributed by atoms with Gasteiger partial charge in [0.05, 0.1) is 31.3 Å². The lowest BCUT2D eigenvalue weighted by Crippen LogP contribution is -2.37. The molecule has 0 aliphatic rings. The summed E-state index contributed by atoms with van der Waals surface area (Å²) in [5.41, 5.74) is 0. The van der Waals surface area contributed by atoms with Crippen molar-refractivity contribution >= 4 is 16.1 Å². The van der Waals surface area contributed by atoms with Gasteiger partial charge in [0.15, 0.2) is 0 Å². The summed E-state index contributed by atoms with van der Waals surface area (Å²) in [5.74, 6) is -0.0237. The molecule has 0 saturated carbocycles. The first kappa shape index (κ1) is 28.5. The van der Waals surface area contributed by atoms with Crippen LogP contribution in [0, 0.1) is 0 Å². The van der Waals surface area contributed by atoms with E-state index in [-0.39, 0.29) is 5.97 Å². The number of nitrogens with zero attached hydrogens (tertiary/aromatic N) is 1. The fourth-order valence-corrected chi connectivity index (χ4v) is 2.44. The molecule has 0 aromatic carbocycles. The van der Waals surface area contributed by atoms with Crippen molar-refractivity contribution in [2.75, 3.05) is 40.6 Å². The second-order valence-electron chi connectivity index (χ2n) is 8.22. The van der Waals surface area contributed by atoms with Gasteiger partial charge in [-0.25, -0.2) is 8.42 Å². The van der Waals surface area contributed by atoms with Crippen molar-refractivity contribution in [1.82, 2.24) is 0 Å². The summed E-state index contributed by atoms with van der Waals surface area (Å²) in [5, 5.41) is 0. The molecule has 0 aliphatic heterocycles. The highest BCUT2D eigenvalue weighted by Gasteiger charge is 2.09. The highest BCUT2D eigenvalue weighted by molar-refractivity contribution is 7.84. The van der Waals surface area contributed by atoms with Crippen LogP contribution >= 0.6 is 0 Å². The molecule has 0 amide bonds. The number of unbranched alkanes of at least 4 members (excludes halogenated alkanes) is 10. The summed E-state index contributed by atoms with van der Waals surface area (Å²) >= 11 is 0. The van der Waals surface area contributed by atoms with Crippen molar-refractivity contribution in [3.8, 4) is 0 Å². The van der Waals surface area contributed by atoms with Gasteiger partial charge in [0.25, 0.3) is 0 Å². The van der Waals surface area contributed by atoms with Crippen LogP contribution in [0.15, 0.2) is 0 Å². The SMILES string of the molecule is CCCCCCCCCCCCCC(=O)OCC[N+](C)(C)C.CS(=O)(=O)[O-]. The van der Waals surface area contributed by atoms with Gasteiger partial charge in [-0.3, -0.25) is 4.79 Å². The smallest absolute Gasteiger partial charge is 0.305 e. The van der Waals surface area contributed by atoms with Gasteiger partial charge < -0.3 is 13.8 Å². The summed E-state index contributed by atoms with van der Waals surface area (Å²) in [6.45, 7) is 3.68. The van der Waals surface area contributed by atoms with Crippen LogP contribution in [0.25, 0.3) is 0 Å². The Labute approximate surface area is 168 Å². The van der Waals surface area contributed by atoms with Crippen molar-refractivity contribution in [2.45, 2.75) is 84.0 Å². The van der Waals surface area contributed by atoms with E-state index in [1.165, 1.54) is 64.2 Å². The van der Waals surface area contributed by atoms with Gasteiger partial charge in [0, 0.05) is 12.7 Å². The molecule has 0 rings (SSSR count). The minimum absolute atomic E-state index is 0.0237. The molecule has 0 atom stereocenters. The Morgan fingerprint density at radius 2 is 1.22 bits per heavy atom. The van der Waals surface area contributed by atoms with Gasteiger partial charge in [-0.2, -0.15) is 0 Å². The summed E-state index contributed by atoms with van der Waals surface area (Å²) in [7, 11) is 2.41. The quantitative estimate of drug-likeness (QED) is 0.176. The molecule has 0 aliphatic carbocycles. The highest BCUT2D eigenvalue weighted by Crippen LogP contribution is 2.12. The number of quaternary nitrogens is 1. The predicted molar refractivity (Wildman–Crippen MR) is 111 cm³/mol. The van der Waals surface area contributed by atoms with Gasteiger partial charge in [0.1, 0.15) is 13.2 Å². The second kappa shape index (κ2) is 17.4. The van der Waals surface area contributed by atoms with Crippen LogP contribution in [0.3, 0.4) is 0 Å². The molecular weight excluding hydrogens is 366 g/mol. The van der Waals surface area contributed by atoms with E-state index in [1.807, 2.05) is 0 Å². The van der Waals surface area contributed by atoms with Crippen molar-refractivity contribution in [3.05, 3.63) is 0 Å². The summed E-state index contributed by atoms with van der Waals surface area (Å²) in [4.78, 5) is 11.6. The van der Waals surface area contributed by atoms with Gasteiger partial charge in [-0.1, -0.05) is 71.1 Å². The van der Waals surface area contributed by atoms with Crippen molar-refractivity contribution in [3.63, 3.8) is 0 Å². The van der Waals surface area contributed by atoms with Gasteiger partial charge in [-0.15, -0.1) is 0 Å². The molecule has 7 heteroatoms. The minimum atomic E-state index is -3.92. The third-order valence-electron chi connectivity index (χ3n) is 4.01. The molecule has 0 heterocycles. The van der Waals surface area contributed by atoms with Crippen molar-refractivity contribution < 1.29 is 27.0 Å².